The minimum Gasteiger partial charge on any atom is -0.346 e. The Hall–Kier alpha value is -1.88. The maximum atomic E-state index is 11.7. The second-order valence-corrected chi connectivity index (χ2v) is 4.94. The zero-order chi connectivity index (χ0) is 13.8. The molecule has 0 aliphatic heterocycles. The van der Waals surface area contributed by atoms with E-state index in [1.807, 2.05) is 38.1 Å². The Labute approximate surface area is 112 Å². The van der Waals surface area contributed by atoms with Gasteiger partial charge < -0.3 is 16.0 Å². The number of benzene rings is 1. The highest BCUT2D eigenvalue weighted by Gasteiger charge is 2.13. The number of rotatable bonds is 5. The highest BCUT2D eigenvalue weighted by atomic mass is 16.1. The minimum absolute atomic E-state index is 0.00487. The Morgan fingerprint density at radius 2 is 2.16 bits per heavy atom. The summed E-state index contributed by atoms with van der Waals surface area (Å²) in [7, 11) is 0. The smallest absolute Gasteiger partial charge is 0.220 e. The first kappa shape index (κ1) is 13.5. The molecule has 2 atom stereocenters. The maximum absolute atomic E-state index is 11.7. The molecule has 19 heavy (non-hydrogen) atoms. The van der Waals surface area contributed by atoms with Crippen molar-refractivity contribution in [3.63, 3.8) is 0 Å². The van der Waals surface area contributed by atoms with Crippen LogP contribution in [0.15, 0.2) is 24.3 Å². The van der Waals surface area contributed by atoms with Gasteiger partial charge in [-0.1, -0.05) is 12.1 Å². The lowest BCUT2D eigenvalue weighted by Crippen LogP contribution is -2.28. The summed E-state index contributed by atoms with van der Waals surface area (Å²) in [6, 6.07) is 7.73. The van der Waals surface area contributed by atoms with E-state index in [9.17, 15) is 4.79 Å². The van der Waals surface area contributed by atoms with E-state index in [1.54, 1.807) is 0 Å². The Kier molecular flexibility index (Phi) is 4.16. The second-order valence-electron chi connectivity index (χ2n) is 4.94. The van der Waals surface area contributed by atoms with Crippen LogP contribution in [0, 0.1) is 0 Å². The van der Waals surface area contributed by atoms with Gasteiger partial charge in [-0.25, -0.2) is 4.98 Å². The second kappa shape index (κ2) is 5.84. The molecule has 1 aromatic heterocycles. The van der Waals surface area contributed by atoms with Crippen LogP contribution < -0.4 is 11.1 Å². The third-order valence-electron chi connectivity index (χ3n) is 3.02. The van der Waals surface area contributed by atoms with Gasteiger partial charge in [0.05, 0.1) is 17.1 Å². The number of imidazole rings is 1. The molecule has 0 saturated heterocycles. The van der Waals surface area contributed by atoms with Crippen LogP contribution in [0.4, 0.5) is 0 Å². The first-order chi connectivity index (χ1) is 9.06. The van der Waals surface area contributed by atoms with Gasteiger partial charge in [-0.15, -0.1) is 0 Å². The van der Waals surface area contributed by atoms with Crippen molar-refractivity contribution >= 4 is 16.9 Å². The molecule has 5 nitrogen and oxygen atoms in total. The van der Waals surface area contributed by atoms with Crippen molar-refractivity contribution in [1.29, 1.82) is 0 Å². The molecule has 0 aliphatic carbocycles. The number of hydrogen-bond acceptors (Lipinski definition) is 3. The molecule has 5 heteroatoms. The Bertz CT molecular complexity index is 528. The lowest BCUT2D eigenvalue weighted by atomic mass is 10.2. The number of carbonyl (C=O) groups excluding carboxylic acids is 1. The normalized spacial score (nSPS) is 14.3. The summed E-state index contributed by atoms with van der Waals surface area (Å²) < 4.78 is 0. The Balaban J connectivity index is 1.99. The van der Waals surface area contributed by atoms with Gasteiger partial charge in [0.15, 0.2) is 0 Å². The number of aromatic nitrogens is 2. The SMILES string of the molecule is CC(N)CCC(=O)NC(C)c1nc2ccccc2[nH]1. The van der Waals surface area contributed by atoms with Crippen LogP contribution in [0.25, 0.3) is 11.0 Å². The molecular formula is C14H20N4O. The van der Waals surface area contributed by atoms with Gasteiger partial charge in [-0.05, 0) is 32.4 Å². The standard InChI is InChI=1S/C14H20N4O/c1-9(15)7-8-13(19)16-10(2)14-17-11-5-3-4-6-12(11)18-14/h3-6,9-10H,7-8,15H2,1-2H3,(H,16,19)(H,17,18). The predicted octanol–water partition coefficient (Wildman–Crippen LogP) is 1.87. The number of para-hydroxylation sites is 2. The molecule has 0 saturated carbocycles. The van der Waals surface area contributed by atoms with Crippen LogP contribution >= 0.6 is 0 Å². The average molecular weight is 260 g/mol. The zero-order valence-corrected chi connectivity index (χ0v) is 11.3. The first-order valence-electron chi connectivity index (χ1n) is 6.56. The van der Waals surface area contributed by atoms with Gasteiger partial charge in [0, 0.05) is 12.5 Å². The fourth-order valence-corrected chi connectivity index (χ4v) is 1.92. The van der Waals surface area contributed by atoms with Gasteiger partial charge in [0.2, 0.25) is 5.91 Å². The fourth-order valence-electron chi connectivity index (χ4n) is 1.92. The van der Waals surface area contributed by atoms with Crippen LogP contribution in [-0.2, 0) is 4.79 Å². The van der Waals surface area contributed by atoms with Gasteiger partial charge in [0.1, 0.15) is 5.82 Å². The Morgan fingerprint density at radius 3 is 2.84 bits per heavy atom. The van der Waals surface area contributed by atoms with Crippen molar-refractivity contribution in [2.45, 2.75) is 38.8 Å². The van der Waals surface area contributed by atoms with E-state index >= 15 is 0 Å². The molecule has 102 valence electrons. The fraction of sp³-hybridized carbons (Fsp3) is 0.429. The third kappa shape index (κ3) is 3.54. The van der Waals surface area contributed by atoms with E-state index in [-0.39, 0.29) is 18.0 Å². The van der Waals surface area contributed by atoms with E-state index in [0.29, 0.717) is 12.8 Å². The van der Waals surface area contributed by atoms with E-state index in [2.05, 4.69) is 15.3 Å². The summed E-state index contributed by atoms with van der Waals surface area (Å²) in [5.74, 6) is 0.778. The van der Waals surface area contributed by atoms with Gasteiger partial charge >= 0.3 is 0 Å². The lowest BCUT2D eigenvalue weighted by Gasteiger charge is -2.12. The van der Waals surface area contributed by atoms with Crippen LogP contribution in [0.1, 0.15) is 38.6 Å². The van der Waals surface area contributed by atoms with Gasteiger partial charge in [-0.2, -0.15) is 0 Å². The molecule has 0 radical (unpaired) electrons. The minimum atomic E-state index is -0.131. The maximum Gasteiger partial charge on any atom is 0.220 e. The molecule has 1 heterocycles. The van der Waals surface area contributed by atoms with Gasteiger partial charge in [0.25, 0.3) is 0 Å². The molecule has 4 N–H and O–H groups in total. The van der Waals surface area contributed by atoms with Crippen molar-refractivity contribution in [3.8, 4) is 0 Å². The molecule has 0 bridgehead atoms. The predicted molar refractivity (Wildman–Crippen MR) is 75.5 cm³/mol. The number of fused-ring (bicyclic) bond motifs is 1. The van der Waals surface area contributed by atoms with Crippen LogP contribution in [-0.4, -0.2) is 21.9 Å². The number of H-pyrrole nitrogens is 1. The van der Waals surface area contributed by atoms with Crippen molar-refractivity contribution < 1.29 is 4.79 Å². The summed E-state index contributed by atoms with van der Waals surface area (Å²) in [4.78, 5) is 19.4. The topological polar surface area (TPSA) is 83.8 Å². The summed E-state index contributed by atoms with van der Waals surface area (Å²) in [6.07, 6.45) is 1.14. The molecular weight excluding hydrogens is 240 g/mol. The molecule has 2 unspecified atom stereocenters. The Morgan fingerprint density at radius 1 is 1.42 bits per heavy atom. The number of carbonyl (C=O) groups is 1. The van der Waals surface area contributed by atoms with Crippen molar-refractivity contribution in [2.75, 3.05) is 0 Å². The highest BCUT2D eigenvalue weighted by Crippen LogP contribution is 2.15. The summed E-state index contributed by atoms with van der Waals surface area (Å²) >= 11 is 0. The van der Waals surface area contributed by atoms with E-state index in [0.717, 1.165) is 16.9 Å². The zero-order valence-electron chi connectivity index (χ0n) is 11.3. The number of hydrogen-bond donors (Lipinski definition) is 3. The number of nitrogens with zero attached hydrogens (tertiary/aromatic N) is 1. The summed E-state index contributed by atoms with van der Waals surface area (Å²) in [5.41, 5.74) is 7.53. The highest BCUT2D eigenvalue weighted by molar-refractivity contribution is 5.77. The van der Waals surface area contributed by atoms with E-state index < -0.39 is 0 Å². The molecule has 1 aromatic carbocycles. The first-order valence-corrected chi connectivity index (χ1v) is 6.56. The average Bonchev–Trinajstić information content (AvgIpc) is 2.80. The quantitative estimate of drug-likeness (QED) is 0.767. The number of aromatic amines is 1. The van der Waals surface area contributed by atoms with Crippen molar-refractivity contribution in [2.24, 2.45) is 5.73 Å². The molecule has 0 fully saturated rings. The van der Waals surface area contributed by atoms with E-state index in [4.69, 9.17) is 5.73 Å². The summed E-state index contributed by atoms with van der Waals surface area (Å²) in [6.45, 7) is 3.82. The third-order valence-corrected chi connectivity index (χ3v) is 3.02. The van der Waals surface area contributed by atoms with Crippen LogP contribution in [0.3, 0.4) is 0 Å². The summed E-state index contributed by atoms with van der Waals surface area (Å²) in [5, 5.41) is 2.92. The molecule has 2 rings (SSSR count). The van der Waals surface area contributed by atoms with E-state index in [1.165, 1.54) is 0 Å². The molecule has 1 amide bonds. The molecule has 2 aromatic rings. The largest absolute Gasteiger partial charge is 0.346 e. The lowest BCUT2D eigenvalue weighted by molar-refractivity contribution is -0.121. The number of nitrogens with two attached hydrogens (primary N) is 1. The van der Waals surface area contributed by atoms with Crippen molar-refractivity contribution in [3.05, 3.63) is 30.1 Å². The van der Waals surface area contributed by atoms with Crippen LogP contribution in [0.2, 0.25) is 0 Å². The van der Waals surface area contributed by atoms with Gasteiger partial charge in [-0.3, -0.25) is 4.79 Å². The van der Waals surface area contributed by atoms with Crippen molar-refractivity contribution in [1.82, 2.24) is 15.3 Å². The number of nitrogens with one attached hydrogen (secondary N) is 2. The molecule has 0 spiro atoms. The monoisotopic (exact) mass is 260 g/mol. The van der Waals surface area contributed by atoms with Crippen LogP contribution in [0.5, 0.6) is 0 Å². The molecule has 0 aliphatic rings. The number of amides is 1.